The molecular weight excluding hydrogens is 230 g/mol. The third-order valence-electron chi connectivity index (χ3n) is 2.32. The van der Waals surface area contributed by atoms with Crippen molar-refractivity contribution >= 4 is 21.8 Å². The van der Waals surface area contributed by atoms with E-state index in [0.717, 1.165) is 9.87 Å². The summed E-state index contributed by atoms with van der Waals surface area (Å²) in [4.78, 5) is 11.4. The molecule has 1 aliphatic heterocycles. The van der Waals surface area contributed by atoms with Crippen LogP contribution in [0.1, 0.15) is 5.56 Å². The molecular formula is C9H11N3O3S. The van der Waals surface area contributed by atoms with E-state index in [1.165, 1.54) is 0 Å². The fraction of sp³-hybridized carbons (Fsp3) is 0.222. The number of carbonyl (C=O) groups excluding carboxylic acids is 1. The maximum absolute atomic E-state index is 11.4. The molecule has 6 nitrogen and oxygen atoms in total. The number of benzene rings is 1. The molecule has 0 spiro atoms. The van der Waals surface area contributed by atoms with Crippen molar-refractivity contribution in [3.8, 4) is 0 Å². The van der Waals surface area contributed by atoms with E-state index in [2.05, 4.69) is 5.32 Å². The van der Waals surface area contributed by atoms with Gasteiger partial charge in [-0.25, -0.2) is 5.14 Å². The Bertz CT molecular complexity index is 527. The molecule has 0 bridgehead atoms. The first kappa shape index (κ1) is 11.1. The molecule has 2 rings (SSSR count). The first-order valence-corrected chi connectivity index (χ1v) is 6.13. The van der Waals surface area contributed by atoms with E-state index in [1.54, 1.807) is 24.3 Å². The smallest absolute Gasteiger partial charge is 0.277 e. The van der Waals surface area contributed by atoms with Crippen LogP contribution >= 0.6 is 0 Å². The zero-order valence-electron chi connectivity index (χ0n) is 8.38. The minimum absolute atomic E-state index is 0.105. The molecule has 0 saturated heterocycles. The maximum atomic E-state index is 11.4. The van der Waals surface area contributed by atoms with Crippen molar-refractivity contribution in [2.24, 2.45) is 5.14 Å². The molecule has 1 heterocycles. The van der Waals surface area contributed by atoms with Crippen molar-refractivity contribution in [3.05, 3.63) is 29.8 Å². The zero-order valence-corrected chi connectivity index (χ0v) is 9.20. The summed E-state index contributed by atoms with van der Waals surface area (Å²) in [6, 6.07) is 7.02. The van der Waals surface area contributed by atoms with Crippen molar-refractivity contribution in [3.63, 3.8) is 0 Å². The Balaban J connectivity index is 2.42. The Morgan fingerprint density at radius 2 is 1.94 bits per heavy atom. The monoisotopic (exact) mass is 241 g/mol. The van der Waals surface area contributed by atoms with Gasteiger partial charge in [0.1, 0.15) is 0 Å². The highest BCUT2D eigenvalue weighted by Crippen LogP contribution is 2.20. The van der Waals surface area contributed by atoms with E-state index in [1.807, 2.05) is 0 Å². The highest BCUT2D eigenvalue weighted by molar-refractivity contribution is 7.86. The lowest BCUT2D eigenvalue weighted by Gasteiger charge is -2.15. The molecule has 1 aliphatic rings. The molecule has 0 atom stereocenters. The van der Waals surface area contributed by atoms with Crippen LogP contribution in [0.15, 0.2) is 24.3 Å². The number of hydrogen-bond acceptors (Lipinski definition) is 3. The Kier molecular flexibility index (Phi) is 2.66. The number of nitrogens with two attached hydrogens (primary N) is 1. The lowest BCUT2D eigenvalue weighted by Crippen LogP contribution is -2.39. The van der Waals surface area contributed by atoms with Crippen molar-refractivity contribution in [1.29, 1.82) is 0 Å². The second kappa shape index (κ2) is 3.85. The molecule has 86 valence electrons. The zero-order chi connectivity index (χ0) is 11.8. The SMILES string of the molecule is NS(=O)(=O)N1CC(=O)Nc2ccccc2C1. The van der Waals surface area contributed by atoms with Crippen LogP contribution in [-0.2, 0) is 21.5 Å². The first-order valence-electron chi connectivity index (χ1n) is 4.62. The van der Waals surface area contributed by atoms with Crippen LogP contribution in [0.5, 0.6) is 0 Å². The Labute approximate surface area is 93.2 Å². The summed E-state index contributed by atoms with van der Waals surface area (Å²) in [6.45, 7) is -0.152. The molecule has 3 N–H and O–H groups in total. The predicted octanol–water partition coefficient (Wildman–Crippen LogP) is -0.356. The van der Waals surface area contributed by atoms with Gasteiger partial charge in [0.15, 0.2) is 0 Å². The quantitative estimate of drug-likeness (QED) is 0.703. The van der Waals surface area contributed by atoms with E-state index >= 15 is 0 Å². The number of fused-ring (bicyclic) bond motifs is 1. The fourth-order valence-corrected chi connectivity index (χ4v) is 2.17. The van der Waals surface area contributed by atoms with E-state index in [-0.39, 0.29) is 19.0 Å². The molecule has 1 amide bonds. The van der Waals surface area contributed by atoms with Crippen molar-refractivity contribution in [2.75, 3.05) is 11.9 Å². The van der Waals surface area contributed by atoms with Gasteiger partial charge in [-0.05, 0) is 11.6 Å². The van der Waals surface area contributed by atoms with Gasteiger partial charge in [-0.1, -0.05) is 18.2 Å². The van der Waals surface area contributed by atoms with Crippen LogP contribution in [0.2, 0.25) is 0 Å². The third-order valence-corrected chi connectivity index (χ3v) is 3.30. The van der Waals surface area contributed by atoms with E-state index in [4.69, 9.17) is 5.14 Å². The molecule has 0 aromatic heterocycles. The molecule has 0 radical (unpaired) electrons. The lowest BCUT2D eigenvalue weighted by molar-refractivity contribution is -0.116. The van der Waals surface area contributed by atoms with Crippen LogP contribution in [-0.4, -0.2) is 25.2 Å². The summed E-state index contributed by atoms with van der Waals surface area (Å²) >= 11 is 0. The molecule has 16 heavy (non-hydrogen) atoms. The predicted molar refractivity (Wildman–Crippen MR) is 58.6 cm³/mol. The number of rotatable bonds is 1. The molecule has 1 aromatic carbocycles. The van der Waals surface area contributed by atoms with Gasteiger partial charge < -0.3 is 5.32 Å². The minimum Gasteiger partial charge on any atom is -0.325 e. The first-order chi connectivity index (χ1) is 7.47. The van der Waals surface area contributed by atoms with E-state index in [0.29, 0.717) is 5.69 Å². The van der Waals surface area contributed by atoms with Gasteiger partial charge in [-0.3, -0.25) is 4.79 Å². The second-order valence-corrected chi connectivity index (χ2v) is 5.06. The van der Waals surface area contributed by atoms with Crippen LogP contribution in [0.3, 0.4) is 0 Å². The molecule has 7 heteroatoms. The number of hydrogen-bond donors (Lipinski definition) is 2. The number of nitrogens with one attached hydrogen (secondary N) is 1. The second-order valence-electron chi connectivity index (χ2n) is 3.52. The van der Waals surface area contributed by atoms with Crippen molar-refractivity contribution in [1.82, 2.24) is 4.31 Å². The maximum Gasteiger partial charge on any atom is 0.277 e. The summed E-state index contributed by atoms with van der Waals surface area (Å²) in [5.41, 5.74) is 1.35. The average molecular weight is 241 g/mol. The molecule has 0 aliphatic carbocycles. The Morgan fingerprint density at radius 3 is 2.62 bits per heavy atom. The van der Waals surface area contributed by atoms with Crippen LogP contribution < -0.4 is 10.5 Å². The van der Waals surface area contributed by atoms with Gasteiger partial charge in [0.25, 0.3) is 10.2 Å². The molecule has 0 unspecified atom stereocenters. The minimum atomic E-state index is -3.85. The number of amides is 1. The lowest BCUT2D eigenvalue weighted by atomic mass is 10.2. The Morgan fingerprint density at radius 1 is 1.25 bits per heavy atom. The normalized spacial score (nSPS) is 17.4. The summed E-state index contributed by atoms with van der Waals surface area (Å²) in [5.74, 6) is -0.390. The van der Waals surface area contributed by atoms with Crippen LogP contribution in [0.25, 0.3) is 0 Å². The highest BCUT2D eigenvalue weighted by Gasteiger charge is 2.25. The van der Waals surface area contributed by atoms with E-state index < -0.39 is 10.2 Å². The van der Waals surface area contributed by atoms with Gasteiger partial charge in [-0.2, -0.15) is 12.7 Å². The summed E-state index contributed by atoms with van der Waals surface area (Å²) in [7, 11) is -3.85. The van der Waals surface area contributed by atoms with Crippen LogP contribution in [0, 0.1) is 0 Å². The number of anilines is 1. The standard InChI is InChI=1S/C9H11N3O3S/c10-16(14,15)12-5-7-3-1-2-4-8(7)11-9(13)6-12/h1-4H,5-6H2,(H,11,13)(H2,10,14,15). The average Bonchev–Trinajstić information content (AvgIpc) is 2.34. The van der Waals surface area contributed by atoms with Crippen LogP contribution in [0.4, 0.5) is 5.69 Å². The van der Waals surface area contributed by atoms with Gasteiger partial charge in [0.2, 0.25) is 5.91 Å². The molecule has 1 aromatic rings. The third kappa shape index (κ3) is 2.21. The van der Waals surface area contributed by atoms with E-state index in [9.17, 15) is 13.2 Å². The highest BCUT2D eigenvalue weighted by atomic mass is 32.2. The topological polar surface area (TPSA) is 92.5 Å². The molecule has 0 fully saturated rings. The summed E-state index contributed by atoms with van der Waals surface area (Å²) < 4.78 is 23.4. The summed E-state index contributed by atoms with van der Waals surface area (Å²) in [6.07, 6.45) is 0. The number of nitrogens with zero attached hydrogens (tertiary/aromatic N) is 1. The van der Waals surface area contributed by atoms with Gasteiger partial charge in [-0.15, -0.1) is 0 Å². The summed E-state index contributed by atoms with van der Waals surface area (Å²) in [5, 5.41) is 7.64. The van der Waals surface area contributed by atoms with Gasteiger partial charge in [0, 0.05) is 12.2 Å². The number of para-hydroxylation sites is 1. The molecule has 0 saturated carbocycles. The van der Waals surface area contributed by atoms with Crippen molar-refractivity contribution < 1.29 is 13.2 Å². The number of carbonyl (C=O) groups is 1. The largest absolute Gasteiger partial charge is 0.325 e. The fourth-order valence-electron chi connectivity index (χ4n) is 1.56. The Hall–Kier alpha value is -1.44. The van der Waals surface area contributed by atoms with Gasteiger partial charge in [0.05, 0.1) is 6.54 Å². The van der Waals surface area contributed by atoms with Gasteiger partial charge >= 0.3 is 0 Å². The van der Waals surface area contributed by atoms with Crippen molar-refractivity contribution in [2.45, 2.75) is 6.54 Å².